The lowest BCUT2D eigenvalue weighted by Gasteiger charge is -2.29. The third-order valence-corrected chi connectivity index (χ3v) is 5.74. The molecule has 1 fully saturated rings. The van der Waals surface area contributed by atoms with Gasteiger partial charge in [0.05, 0.1) is 5.25 Å². The van der Waals surface area contributed by atoms with Crippen LogP contribution in [0.15, 0.2) is 12.7 Å². The Balaban J connectivity index is 1.74. The number of sulfonamides is 1. The molecule has 0 aromatic carbocycles. The molecule has 21 heavy (non-hydrogen) atoms. The maximum atomic E-state index is 11.8. The summed E-state index contributed by atoms with van der Waals surface area (Å²) in [6.45, 7) is 4.22. The van der Waals surface area contributed by atoms with Gasteiger partial charge >= 0.3 is 0 Å². The van der Waals surface area contributed by atoms with Crippen molar-refractivity contribution in [1.82, 2.24) is 19.7 Å². The van der Waals surface area contributed by atoms with E-state index in [1.807, 2.05) is 0 Å². The van der Waals surface area contributed by atoms with Crippen LogP contribution in [0.2, 0.25) is 0 Å². The van der Waals surface area contributed by atoms with Crippen molar-refractivity contribution in [3.05, 3.63) is 12.7 Å². The van der Waals surface area contributed by atoms with Crippen molar-refractivity contribution in [2.75, 3.05) is 11.9 Å². The molecule has 1 aromatic heterocycles. The Morgan fingerprint density at radius 3 is 2.38 bits per heavy atom. The van der Waals surface area contributed by atoms with Gasteiger partial charge in [-0.25, -0.2) is 28.1 Å². The van der Waals surface area contributed by atoms with Crippen LogP contribution in [-0.4, -0.2) is 41.2 Å². The second kappa shape index (κ2) is 7.13. The highest BCUT2D eigenvalue weighted by atomic mass is 32.2. The first-order valence-electron chi connectivity index (χ1n) is 7.34. The van der Waals surface area contributed by atoms with Crippen molar-refractivity contribution >= 4 is 16.0 Å². The van der Waals surface area contributed by atoms with Gasteiger partial charge in [0.1, 0.15) is 12.7 Å². The van der Waals surface area contributed by atoms with E-state index in [0.717, 1.165) is 32.2 Å². The quantitative estimate of drug-likeness (QED) is 0.818. The molecule has 0 saturated heterocycles. The predicted octanol–water partition coefficient (Wildman–Crippen LogP) is 1.17. The minimum Gasteiger partial charge on any atom is -0.354 e. The molecule has 1 aromatic rings. The summed E-state index contributed by atoms with van der Waals surface area (Å²) < 4.78 is 26.5. The number of anilines is 1. The van der Waals surface area contributed by atoms with Gasteiger partial charge in [0.15, 0.2) is 0 Å². The fraction of sp³-hybridized carbons (Fsp3) is 0.769. The lowest BCUT2D eigenvalue weighted by Crippen LogP contribution is -2.41. The van der Waals surface area contributed by atoms with E-state index in [-0.39, 0.29) is 11.3 Å². The SMILES string of the molecule is CC(C)S(=O)(=O)N[C@H]1CC[C@H](CNc2ncncn2)CC1. The molecule has 7 nitrogen and oxygen atoms in total. The van der Waals surface area contributed by atoms with E-state index >= 15 is 0 Å². The summed E-state index contributed by atoms with van der Waals surface area (Å²) >= 11 is 0. The molecule has 0 atom stereocenters. The first-order valence-corrected chi connectivity index (χ1v) is 8.89. The van der Waals surface area contributed by atoms with Gasteiger partial charge < -0.3 is 5.32 Å². The Morgan fingerprint density at radius 2 is 1.81 bits per heavy atom. The molecule has 118 valence electrons. The van der Waals surface area contributed by atoms with E-state index in [1.54, 1.807) is 13.8 Å². The maximum absolute atomic E-state index is 11.8. The van der Waals surface area contributed by atoms with Gasteiger partial charge in [-0.2, -0.15) is 0 Å². The van der Waals surface area contributed by atoms with Crippen LogP contribution < -0.4 is 10.0 Å². The largest absolute Gasteiger partial charge is 0.354 e. The Kier molecular flexibility index (Phi) is 5.46. The zero-order valence-corrected chi connectivity index (χ0v) is 13.3. The monoisotopic (exact) mass is 313 g/mol. The Labute approximate surface area is 126 Å². The normalized spacial score (nSPS) is 23.2. The summed E-state index contributed by atoms with van der Waals surface area (Å²) in [5, 5.41) is 2.82. The summed E-state index contributed by atoms with van der Waals surface area (Å²) in [6.07, 6.45) is 6.71. The number of hydrogen-bond acceptors (Lipinski definition) is 6. The van der Waals surface area contributed by atoms with Crippen LogP contribution in [0.4, 0.5) is 5.95 Å². The molecule has 1 heterocycles. The Bertz CT molecular complexity index is 527. The number of nitrogens with one attached hydrogen (secondary N) is 2. The van der Waals surface area contributed by atoms with E-state index in [4.69, 9.17) is 0 Å². The molecule has 0 aliphatic heterocycles. The molecule has 0 bridgehead atoms. The fourth-order valence-corrected chi connectivity index (χ4v) is 3.39. The zero-order valence-electron chi connectivity index (χ0n) is 12.5. The molecular weight excluding hydrogens is 290 g/mol. The Morgan fingerprint density at radius 1 is 1.19 bits per heavy atom. The van der Waals surface area contributed by atoms with Crippen molar-refractivity contribution in [2.45, 2.75) is 50.8 Å². The summed E-state index contributed by atoms with van der Waals surface area (Å²) in [5.74, 6) is 1.12. The molecule has 1 saturated carbocycles. The minimum absolute atomic E-state index is 0.0748. The lowest BCUT2D eigenvalue weighted by molar-refractivity contribution is 0.323. The summed E-state index contributed by atoms with van der Waals surface area (Å²) in [5.41, 5.74) is 0. The van der Waals surface area contributed by atoms with Gasteiger partial charge in [0.2, 0.25) is 16.0 Å². The number of aromatic nitrogens is 3. The smallest absolute Gasteiger partial charge is 0.225 e. The maximum Gasteiger partial charge on any atom is 0.225 e. The molecule has 0 amide bonds. The molecule has 0 unspecified atom stereocenters. The highest BCUT2D eigenvalue weighted by molar-refractivity contribution is 7.90. The first kappa shape index (κ1) is 16.1. The number of rotatable bonds is 6. The van der Waals surface area contributed by atoms with E-state index in [2.05, 4.69) is 25.0 Å². The van der Waals surface area contributed by atoms with Crippen LogP contribution >= 0.6 is 0 Å². The van der Waals surface area contributed by atoms with Gasteiger partial charge in [-0.05, 0) is 45.4 Å². The van der Waals surface area contributed by atoms with Crippen LogP contribution in [0.3, 0.4) is 0 Å². The lowest BCUT2D eigenvalue weighted by atomic mass is 9.86. The summed E-state index contributed by atoms with van der Waals surface area (Å²) in [6, 6.07) is 0.0748. The molecule has 8 heteroatoms. The number of hydrogen-bond donors (Lipinski definition) is 2. The molecule has 0 spiro atoms. The van der Waals surface area contributed by atoms with Gasteiger partial charge in [0, 0.05) is 12.6 Å². The van der Waals surface area contributed by atoms with E-state index < -0.39 is 10.0 Å². The van der Waals surface area contributed by atoms with Crippen molar-refractivity contribution < 1.29 is 8.42 Å². The third-order valence-electron chi connectivity index (χ3n) is 3.84. The minimum atomic E-state index is -3.16. The third kappa shape index (κ3) is 4.89. The van der Waals surface area contributed by atoms with E-state index in [1.165, 1.54) is 12.7 Å². The van der Waals surface area contributed by atoms with Gasteiger partial charge in [0.25, 0.3) is 0 Å². The van der Waals surface area contributed by atoms with Crippen LogP contribution in [0.1, 0.15) is 39.5 Å². The zero-order chi connectivity index (χ0) is 15.3. The van der Waals surface area contributed by atoms with Gasteiger partial charge in [-0.15, -0.1) is 0 Å². The average Bonchev–Trinajstić information content (AvgIpc) is 2.47. The van der Waals surface area contributed by atoms with Crippen molar-refractivity contribution in [3.63, 3.8) is 0 Å². The van der Waals surface area contributed by atoms with E-state index in [9.17, 15) is 8.42 Å². The highest BCUT2D eigenvalue weighted by Crippen LogP contribution is 2.25. The van der Waals surface area contributed by atoms with Crippen LogP contribution in [0.25, 0.3) is 0 Å². The van der Waals surface area contributed by atoms with Gasteiger partial charge in [-0.3, -0.25) is 0 Å². The number of nitrogens with zero attached hydrogens (tertiary/aromatic N) is 3. The Hall–Kier alpha value is -1.28. The topological polar surface area (TPSA) is 96.9 Å². The second-order valence-electron chi connectivity index (χ2n) is 5.77. The van der Waals surface area contributed by atoms with Crippen LogP contribution in [0.5, 0.6) is 0 Å². The molecule has 1 aliphatic rings. The fourth-order valence-electron chi connectivity index (χ4n) is 2.42. The molecule has 2 rings (SSSR count). The van der Waals surface area contributed by atoms with Gasteiger partial charge in [-0.1, -0.05) is 0 Å². The van der Waals surface area contributed by atoms with Crippen molar-refractivity contribution in [2.24, 2.45) is 5.92 Å². The molecular formula is C13H23N5O2S. The van der Waals surface area contributed by atoms with Crippen molar-refractivity contribution in [3.8, 4) is 0 Å². The second-order valence-corrected chi connectivity index (χ2v) is 8.04. The average molecular weight is 313 g/mol. The van der Waals surface area contributed by atoms with Crippen LogP contribution in [0, 0.1) is 5.92 Å². The van der Waals surface area contributed by atoms with E-state index in [0.29, 0.717) is 11.9 Å². The summed E-state index contributed by atoms with van der Waals surface area (Å²) in [4.78, 5) is 11.8. The highest BCUT2D eigenvalue weighted by Gasteiger charge is 2.26. The summed E-state index contributed by atoms with van der Waals surface area (Å²) in [7, 11) is -3.16. The molecule has 2 N–H and O–H groups in total. The predicted molar refractivity (Wildman–Crippen MR) is 81.3 cm³/mol. The molecule has 1 aliphatic carbocycles. The first-order chi connectivity index (χ1) is 9.97. The standard InChI is InChI=1S/C13H23N5O2S/c1-10(2)21(19,20)18-12-5-3-11(4-6-12)7-15-13-16-8-14-9-17-13/h8-12,18H,3-7H2,1-2H3,(H,14,15,16,17)/t11-,12-. The van der Waals surface area contributed by atoms with Crippen LogP contribution in [-0.2, 0) is 10.0 Å². The van der Waals surface area contributed by atoms with Crippen molar-refractivity contribution in [1.29, 1.82) is 0 Å². The molecule has 0 radical (unpaired) electrons.